The van der Waals surface area contributed by atoms with Crippen molar-refractivity contribution in [1.82, 2.24) is 14.8 Å². The second-order valence-electron chi connectivity index (χ2n) is 7.12. The molecule has 1 aliphatic heterocycles. The fourth-order valence-corrected chi connectivity index (χ4v) is 4.54. The first-order chi connectivity index (χ1) is 13.0. The van der Waals surface area contributed by atoms with Crippen molar-refractivity contribution in [1.29, 1.82) is 0 Å². The number of benzene rings is 1. The van der Waals surface area contributed by atoms with E-state index in [0.29, 0.717) is 13.2 Å². The fraction of sp³-hybridized carbons (Fsp3) is 0.524. The second kappa shape index (κ2) is 8.95. The minimum Gasteiger partial charge on any atom is -0.366 e. The monoisotopic (exact) mass is 387 g/mol. The Kier molecular flexibility index (Phi) is 6.63. The quantitative estimate of drug-likeness (QED) is 0.762. The Morgan fingerprint density at radius 3 is 2.81 bits per heavy atom. The van der Waals surface area contributed by atoms with E-state index in [1.54, 1.807) is 11.3 Å². The van der Waals surface area contributed by atoms with Crippen LogP contribution in [0.3, 0.4) is 0 Å². The number of nitrogens with zero attached hydrogens (tertiary/aromatic N) is 3. The molecule has 27 heavy (non-hydrogen) atoms. The molecule has 0 radical (unpaired) electrons. The molecule has 3 rings (SSSR count). The average molecular weight is 388 g/mol. The average Bonchev–Trinajstić information content (AvgIpc) is 3.08. The third kappa shape index (κ3) is 4.75. The Balaban J connectivity index is 1.64. The summed E-state index contributed by atoms with van der Waals surface area (Å²) in [6.45, 7) is 9.13. The highest BCUT2D eigenvalue weighted by molar-refractivity contribution is 7.11. The molecule has 5 nitrogen and oxygen atoms in total. The van der Waals surface area contributed by atoms with Gasteiger partial charge in [-0.2, -0.15) is 0 Å². The molecule has 0 spiro atoms. The number of morpholine rings is 1. The Morgan fingerprint density at radius 1 is 1.41 bits per heavy atom. The largest absolute Gasteiger partial charge is 0.366 e. The van der Waals surface area contributed by atoms with Gasteiger partial charge in [-0.15, -0.1) is 11.3 Å². The summed E-state index contributed by atoms with van der Waals surface area (Å²) in [6.07, 6.45) is 0.518. The van der Waals surface area contributed by atoms with Gasteiger partial charge < -0.3 is 9.64 Å². The molecular formula is C21H29N3O2S. The maximum Gasteiger partial charge on any atom is 0.253 e. The molecule has 1 aromatic carbocycles. The molecular weight excluding hydrogens is 358 g/mol. The minimum atomic E-state index is -0.409. The lowest BCUT2D eigenvalue weighted by atomic mass is 10.1. The van der Waals surface area contributed by atoms with Gasteiger partial charge in [-0.05, 0) is 25.8 Å². The highest BCUT2D eigenvalue weighted by Gasteiger charge is 2.32. The number of thiazole rings is 1. The molecule has 6 heteroatoms. The lowest BCUT2D eigenvalue weighted by molar-refractivity contribution is -0.150. The van der Waals surface area contributed by atoms with Crippen molar-refractivity contribution in [2.75, 3.05) is 26.7 Å². The summed E-state index contributed by atoms with van der Waals surface area (Å²) in [5.74, 6) is 0.0473. The van der Waals surface area contributed by atoms with Gasteiger partial charge in [-0.25, -0.2) is 4.98 Å². The number of hydrogen-bond acceptors (Lipinski definition) is 5. The molecule has 1 aliphatic rings. The van der Waals surface area contributed by atoms with Crippen molar-refractivity contribution in [3.05, 3.63) is 51.5 Å². The number of rotatable bonds is 6. The van der Waals surface area contributed by atoms with Crippen LogP contribution in [-0.4, -0.2) is 53.5 Å². The molecule has 0 saturated carbocycles. The first kappa shape index (κ1) is 20.0. The molecule has 1 saturated heterocycles. The number of carbonyl (C=O) groups is 1. The van der Waals surface area contributed by atoms with Crippen LogP contribution in [0.25, 0.3) is 0 Å². The van der Waals surface area contributed by atoms with E-state index >= 15 is 0 Å². The van der Waals surface area contributed by atoms with Crippen LogP contribution in [0.5, 0.6) is 0 Å². The standard InChI is InChI=1S/C21H29N3O2S/c1-5-19-22-15(2)20(27-19)16(3)23(4)21(25)18-14-24(11-12-26-18)13-17-9-7-6-8-10-17/h6-10,16,18H,5,11-14H2,1-4H3/t16-,18-/m0/s1. The van der Waals surface area contributed by atoms with Gasteiger partial charge in [0.25, 0.3) is 5.91 Å². The van der Waals surface area contributed by atoms with Gasteiger partial charge in [0.2, 0.25) is 0 Å². The number of aromatic nitrogens is 1. The molecule has 0 bridgehead atoms. The molecule has 0 aliphatic carbocycles. The predicted molar refractivity (Wildman–Crippen MR) is 109 cm³/mol. The number of amides is 1. The summed E-state index contributed by atoms with van der Waals surface area (Å²) in [5.41, 5.74) is 2.29. The first-order valence-electron chi connectivity index (χ1n) is 9.60. The van der Waals surface area contributed by atoms with Crippen LogP contribution < -0.4 is 0 Å². The summed E-state index contributed by atoms with van der Waals surface area (Å²) in [4.78, 5) is 22.9. The molecule has 2 atom stereocenters. The van der Waals surface area contributed by atoms with Crippen molar-refractivity contribution in [2.45, 2.75) is 45.9 Å². The topological polar surface area (TPSA) is 45.7 Å². The number of aryl methyl sites for hydroxylation is 2. The summed E-state index contributed by atoms with van der Waals surface area (Å²) in [7, 11) is 1.87. The zero-order valence-corrected chi connectivity index (χ0v) is 17.5. The highest BCUT2D eigenvalue weighted by Crippen LogP contribution is 2.29. The van der Waals surface area contributed by atoms with Crippen molar-refractivity contribution >= 4 is 17.2 Å². The van der Waals surface area contributed by atoms with Crippen molar-refractivity contribution < 1.29 is 9.53 Å². The van der Waals surface area contributed by atoms with E-state index in [9.17, 15) is 4.79 Å². The molecule has 146 valence electrons. The molecule has 2 heterocycles. The smallest absolute Gasteiger partial charge is 0.253 e. The van der Waals surface area contributed by atoms with Gasteiger partial charge >= 0.3 is 0 Å². The fourth-order valence-electron chi connectivity index (χ4n) is 3.44. The van der Waals surface area contributed by atoms with Crippen LogP contribution in [0.1, 0.15) is 41.0 Å². The Morgan fingerprint density at radius 2 is 2.15 bits per heavy atom. The van der Waals surface area contributed by atoms with Gasteiger partial charge in [0.15, 0.2) is 0 Å². The van der Waals surface area contributed by atoms with E-state index in [1.807, 2.05) is 24.9 Å². The predicted octanol–water partition coefficient (Wildman–Crippen LogP) is 3.43. The van der Waals surface area contributed by atoms with E-state index in [4.69, 9.17) is 4.74 Å². The maximum absolute atomic E-state index is 13.1. The molecule has 0 unspecified atom stereocenters. The van der Waals surface area contributed by atoms with Crippen LogP contribution in [0.15, 0.2) is 30.3 Å². The van der Waals surface area contributed by atoms with Crippen molar-refractivity contribution in [2.24, 2.45) is 0 Å². The van der Waals surface area contributed by atoms with E-state index in [2.05, 4.69) is 48.0 Å². The van der Waals surface area contributed by atoms with Gasteiger partial charge in [0.1, 0.15) is 6.10 Å². The third-order valence-corrected chi connectivity index (χ3v) is 6.63. The molecule has 1 aromatic heterocycles. The van der Waals surface area contributed by atoms with Crippen LogP contribution in [-0.2, 0) is 22.5 Å². The lowest BCUT2D eigenvalue weighted by Crippen LogP contribution is -2.50. The van der Waals surface area contributed by atoms with Crippen molar-refractivity contribution in [3.63, 3.8) is 0 Å². The SMILES string of the molecule is CCc1nc(C)c([C@H](C)N(C)C(=O)[C@@H]2CN(Cc3ccccc3)CCO2)s1. The maximum atomic E-state index is 13.1. The van der Waals surface area contributed by atoms with Gasteiger partial charge in [0.05, 0.1) is 23.4 Å². The zero-order chi connectivity index (χ0) is 19.4. The van der Waals surface area contributed by atoms with Crippen molar-refractivity contribution in [3.8, 4) is 0 Å². The summed E-state index contributed by atoms with van der Waals surface area (Å²) >= 11 is 1.71. The number of carbonyl (C=O) groups excluding carboxylic acids is 1. The van der Waals surface area contributed by atoms with Gasteiger partial charge in [-0.3, -0.25) is 9.69 Å². The first-order valence-corrected chi connectivity index (χ1v) is 10.4. The summed E-state index contributed by atoms with van der Waals surface area (Å²) in [6, 6.07) is 10.4. The molecule has 1 fully saturated rings. The van der Waals surface area contributed by atoms with Gasteiger partial charge in [0, 0.05) is 31.6 Å². The number of hydrogen-bond donors (Lipinski definition) is 0. The van der Waals surface area contributed by atoms with Crippen LogP contribution in [0, 0.1) is 6.92 Å². The Labute approximate surface area is 166 Å². The van der Waals surface area contributed by atoms with E-state index in [-0.39, 0.29) is 11.9 Å². The van der Waals surface area contributed by atoms with Crippen LogP contribution in [0.2, 0.25) is 0 Å². The molecule has 1 amide bonds. The third-order valence-electron chi connectivity index (χ3n) is 5.16. The Hall–Kier alpha value is -1.76. The highest BCUT2D eigenvalue weighted by atomic mass is 32.1. The molecule has 0 N–H and O–H groups in total. The number of ether oxygens (including phenoxy) is 1. The minimum absolute atomic E-state index is 0.00315. The van der Waals surface area contributed by atoms with E-state index < -0.39 is 6.10 Å². The van der Waals surface area contributed by atoms with Crippen LogP contribution >= 0.6 is 11.3 Å². The number of likely N-dealkylation sites (N-methyl/N-ethyl adjacent to an activating group) is 1. The van der Waals surface area contributed by atoms with E-state index in [1.165, 1.54) is 10.4 Å². The van der Waals surface area contributed by atoms with Crippen LogP contribution in [0.4, 0.5) is 0 Å². The summed E-state index contributed by atoms with van der Waals surface area (Å²) < 4.78 is 5.83. The van der Waals surface area contributed by atoms with E-state index in [0.717, 1.165) is 30.2 Å². The molecule has 2 aromatic rings. The second-order valence-corrected chi connectivity index (χ2v) is 8.23. The normalized spacial score (nSPS) is 19.0. The summed E-state index contributed by atoms with van der Waals surface area (Å²) in [5, 5.41) is 1.12. The zero-order valence-electron chi connectivity index (χ0n) is 16.6. The Bertz CT molecular complexity index is 762. The van der Waals surface area contributed by atoms with Gasteiger partial charge in [-0.1, -0.05) is 37.3 Å². The lowest BCUT2D eigenvalue weighted by Gasteiger charge is -2.35.